The summed E-state index contributed by atoms with van der Waals surface area (Å²) in [4.78, 5) is 26.8. The van der Waals surface area contributed by atoms with Gasteiger partial charge in [-0.1, -0.05) is 18.2 Å². The topological polar surface area (TPSA) is 61.4 Å². The number of amides is 2. The number of allylic oxidation sites excluding steroid dienone is 1. The van der Waals surface area contributed by atoms with Crippen molar-refractivity contribution in [1.82, 2.24) is 10.2 Å². The van der Waals surface area contributed by atoms with Gasteiger partial charge in [0.25, 0.3) is 11.8 Å². The third kappa shape index (κ3) is 2.50. The molecule has 0 saturated heterocycles. The van der Waals surface area contributed by atoms with Crippen molar-refractivity contribution in [2.75, 3.05) is 5.32 Å². The molecule has 22 heavy (non-hydrogen) atoms. The number of hydrogen-bond acceptors (Lipinski definition) is 3. The number of anilines is 1. The predicted molar refractivity (Wildman–Crippen MR) is 84.5 cm³/mol. The highest BCUT2D eigenvalue weighted by molar-refractivity contribution is 6.23. The lowest BCUT2D eigenvalue weighted by Gasteiger charge is -2.44. The maximum absolute atomic E-state index is 12.7. The Morgan fingerprint density at radius 3 is 2.73 bits per heavy atom. The second-order valence-corrected chi connectivity index (χ2v) is 6.10. The van der Waals surface area contributed by atoms with Crippen LogP contribution in [0.2, 0.25) is 0 Å². The van der Waals surface area contributed by atoms with E-state index in [1.54, 1.807) is 17.0 Å². The number of carbonyl (C=O) groups is 2. The molecule has 0 unspecified atom stereocenters. The van der Waals surface area contributed by atoms with Gasteiger partial charge in [-0.2, -0.15) is 0 Å². The minimum Gasteiger partial charge on any atom is -0.347 e. The van der Waals surface area contributed by atoms with Crippen LogP contribution < -0.4 is 10.6 Å². The van der Waals surface area contributed by atoms with E-state index in [1.165, 1.54) is 6.20 Å². The molecule has 0 atom stereocenters. The number of benzene rings is 1. The summed E-state index contributed by atoms with van der Waals surface area (Å²) < 4.78 is 0. The van der Waals surface area contributed by atoms with Gasteiger partial charge >= 0.3 is 0 Å². The summed E-state index contributed by atoms with van der Waals surface area (Å²) in [5.41, 5.74) is 0.483. The first-order valence-corrected chi connectivity index (χ1v) is 7.37. The van der Waals surface area contributed by atoms with Crippen molar-refractivity contribution < 1.29 is 9.59 Å². The molecule has 2 heterocycles. The molecule has 2 aliphatic rings. The van der Waals surface area contributed by atoms with Gasteiger partial charge in [-0.15, -0.1) is 0 Å². The van der Waals surface area contributed by atoms with E-state index in [2.05, 4.69) is 10.6 Å². The van der Waals surface area contributed by atoms with Crippen LogP contribution in [0.1, 0.15) is 26.7 Å². The zero-order valence-corrected chi connectivity index (χ0v) is 12.7. The van der Waals surface area contributed by atoms with Gasteiger partial charge in [-0.05, 0) is 44.9 Å². The average molecular weight is 297 g/mol. The van der Waals surface area contributed by atoms with Crippen molar-refractivity contribution in [3.05, 3.63) is 54.0 Å². The fraction of sp³-hybridized carbons (Fsp3) is 0.294. The van der Waals surface area contributed by atoms with E-state index in [4.69, 9.17) is 0 Å². The lowest BCUT2D eigenvalue weighted by Crippen LogP contribution is -2.55. The van der Waals surface area contributed by atoms with Gasteiger partial charge in [0, 0.05) is 17.4 Å². The highest BCUT2D eigenvalue weighted by Gasteiger charge is 2.40. The molecule has 2 aliphatic heterocycles. The zero-order valence-electron chi connectivity index (χ0n) is 12.7. The first kappa shape index (κ1) is 14.4. The van der Waals surface area contributed by atoms with Crippen LogP contribution in [0.4, 0.5) is 5.69 Å². The van der Waals surface area contributed by atoms with Crippen molar-refractivity contribution in [3.8, 4) is 0 Å². The van der Waals surface area contributed by atoms with Crippen LogP contribution >= 0.6 is 0 Å². The molecule has 2 amide bonds. The third-order valence-electron chi connectivity index (χ3n) is 4.01. The lowest BCUT2D eigenvalue weighted by molar-refractivity contribution is -0.133. The van der Waals surface area contributed by atoms with Crippen LogP contribution in [0.5, 0.6) is 0 Å². The Bertz CT molecular complexity index is 674. The molecule has 5 nitrogen and oxygen atoms in total. The van der Waals surface area contributed by atoms with E-state index in [1.807, 2.05) is 38.1 Å². The molecular formula is C17H19N3O2. The quantitative estimate of drug-likeness (QED) is 0.824. The number of carbonyl (C=O) groups excluding carboxylic acids is 2. The van der Waals surface area contributed by atoms with Crippen molar-refractivity contribution in [3.63, 3.8) is 0 Å². The molecule has 114 valence electrons. The fourth-order valence-corrected chi connectivity index (χ4v) is 2.81. The first-order valence-electron chi connectivity index (χ1n) is 7.37. The van der Waals surface area contributed by atoms with Gasteiger partial charge in [0.05, 0.1) is 0 Å². The number of fused-ring (bicyclic) bond motifs is 1. The highest BCUT2D eigenvalue weighted by atomic mass is 16.2. The van der Waals surface area contributed by atoms with E-state index < -0.39 is 5.91 Å². The van der Waals surface area contributed by atoms with Gasteiger partial charge in [-0.3, -0.25) is 14.5 Å². The number of nitrogens with one attached hydrogen (secondary N) is 2. The van der Waals surface area contributed by atoms with Gasteiger partial charge in [0.1, 0.15) is 11.4 Å². The Kier molecular flexibility index (Phi) is 3.48. The Morgan fingerprint density at radius 1 is 1.27 bits per heavy atom. The summed E-state index contributed by atoms with van der Waals surface area (Å²) in [6, 6.07) is 9.11. The number of rotatable bonds is 2. The zero-order chi connectivity index (χ0) is 15.7. The van der Waals surface area contributed by atoms with Crippen molar-refractivity contribution >= 4 is 17.5 Å². The third-order valence-corrected chi connectivity index (χ3v) is 4.01. The average Bonchev–Trinajstić information content (AvgIpc) is 2.47. The van der Waals surface area contributed by atoms with E-state index >= 15 is 0 Å². The fourth-order valence-electron chi connectivity index (χ4n) is 2.81. The van der Waals surface area contributed by atoms with Crippen LogP contribution in [-0.2, 0) is 9.59 Å². The van der Waals surface area contributed by atoms with E-state index in [9.17, 15) is 9.59 Å². The molecule has 0 bridgehead atoms. The van der Waals surface area contributed by atoms with Crippen LogP contribution in [0.15, 0.2) is 54.0 Å². The van der Waals surface area contributed by atoms with Crippen molar-refractivity contribution in [2.45, 2.75) is 32.2 Å². The molecule has 3 rings (SSSR count). The molecule has 0 radical (unpaired) electrons. The molecular weight excluding hydrogens is 278 g/mol. The number of hydrogen-bond donors (Lipinski definition) is 2. The van der Waals surface area contributed by atoms with Crippen molar-refractivity contribution in [1.29, 1.82) is 0 Å². The lowest BCUT2D eigenvalue weighted by atomic mass is 9.91. The second kappa shape index (κ2) is 5.33. The summed E-state index contributed by atoms with van der Waals surface area (Å²) in [7, 11) is 0. The standard InChI is InChI=1S/C17H19N3O2/c1-17(2)10-6-9-14-18-11-13(16(22)20(14)17)15(21)19-12-7-4-3-5-8-12/h3-5,7-9,11,18H,6,10H2,1-2H3,(H,19,21). The maximum atomic E-state index is 12.7. The Hall–Kier alpha value is -2.56. The van der Waals surface area contributed by atoms with Crippen LogP contribution in [0.3, 0.4) is 0 Å². The Labute approximate surface area is 129 Å². The van der Waals surface area contributed by atoms with Gasteiger partial charge in [0.2, 0.25) is 0 Å². The van der Waals surface area contributed by atoms with Gasteiger partial charge in [0.15, 0.2) is 0 Å². The molecule has 0 saturated carbocycles. The van der Waals surface area contributed by atoms with Crippen LogP contribution in [-0.4, -0.2) is 22.3 Å². The summed E-state index contributed by atoms with van der Waals surface area (Å²) in [6.07, 6.45) is 5.27. The Balaban J connectivity index is 1.85. The summed E-state index contributed by atoms with van der Waals surface area (Å²) in [6.45, 7) is 4.02. The molecule has 1 aromatic rings. The monoisotopic (exact) mass is 297 g/mol. The summed E-state index contributed by atoms with van der Waals surface area (Å²) >= 11 is 0. The largest absolute Gasteiger partial charge is 0.347 e. The summed E-state index contributed by atoms with van der Waals surface area (Å²) in [5.74, 6) is 0.102. The molecule has 0 aliphatic carbocycles. The number of nitrogens with zero attached hydrogens (tertiary/aromatic N) is 1. The van der Waals surface area contributed by atoms with Crippen molar-refractivity contribution in [2.24, 2.45) is 0 Å². The van der Waals surface area contributed by atoms with Crippen LogP contribution in [0.25, 0.3) is 0 Å². The second-order valence-electron chi connectivity index (χ2n) is 6.10. The van der Waals surface area contributed by atoms with E-state index in [0.717, 1.165) is 18.7 Å². The Morgan fingerprint density at radius 2 is 2.00 bits per heavy atom. The minimum absolute atomic E-state index is 0.121. The molecule has 0 spiro atoms. The summed E-state index contributed by atoms with van der Waals surface area (Å²) in [5, 5.41) is 5.82. The molecule has 0 aromatic heterocycles. The number of para-hydroxylation sites is 1. The first-order chi connectivity index (χ1) is 10.5. The molecule has 2 N–H and O–H groups in total. The molecule has 0 fully saturated rings. The SMILES string of the molecule is CC1(C)CCC=C2NC=C(C(=O)Nc3ccccc3)C(=O)N21. The maximum Gasteiger partial charge on any atom is 0.266 e. The van der Waals surface area contributed by atoms with Crippen LogP contribution in [0, 0.1) is 0 Å². The van der Waals surface area contributed by atoms with E-state index in [-0.39, 0.29) is 17.0 Å². The molecule has 5 heteroatoms. The van der Waals surface area contributed by atoms with Gasteiger partial charge in [-0.25, -0.2) is 0 Å². The minimum atomic E-state index is -0.399. The highest BCUT2D eigenvalue weighted by Crippen LogP contribution is 2.32. The smallest absolute Gasteiger partial charge is 0.266 e. The van der Waals surface area contributed by atoms with Gasteiger partial charge < -0.3 is 10.6 Å². The van der Waals surface area contributed by atoms with E-state index in [0.29, 0.717) is 5.69 Å². The molecule has 1 aromatic carbocycles. The normalized spacial score (nSPS) is 19.5. The predicted octanol–water partition coefficient (Wildman–Crippen LogP) is 2.35.